The van der Waals surface area contributed by atoms with Crippen LogP contribution < -0.4 is 0 Å². The topological polar surface area (TPSA) is 0 Å². The maximum absolute atomic E-state index is 2.43. The fourth-order valence-electron chi connectivity index (χ4n) is 1.78. The van der Waals surface area contributed by atoms with Gasteiger partial charge in [-0.05, 0) is 24.0 Å². The maximum atomic E-state index is 2.43. The summed E-state index contributed by atoms with van der Waals surface area (Å²) in [4.78, 5) is 0. The molecule has 0 nitrogen and oxygen atoms in total. The molecule has 0 bridgehead atoms. The zero-order valence-corrected chi connectivity index (χ0v) is 13.6. The quantitative estimate of drug-likeness (QED) is 0.657. The lowest BCUT2D eigenvalue weighted by atomic mass is 10.1. The van der Waals surface area contributed by atoms with Crippen LogP contribution in [0, 0.1) is 0 Å². The van der Waals surface area contributed by atoms with Crippen molar-refractivity contribution >= 4 is 28.3 Å². The number of aryl methyl sites for hydroxylation is 2. The molecule has 0 amide bonds. The first-order chi connectivity index (χ1) is 7.58. The molecule has 0 aliphatic carbocycles. The highest BCUT2D eigenvalue weighted by molar-refractivity contribution is 6.56. The van der Waals surface area contributed by atoms with Crippen molar-refractivity contribution in [1.82, 2.24) is 0 Å². The Morgan fingerprint density at radius 3 is 1.25 bits per heavy atom. The molecular weight excluding hydrogens is 222 g/mol. The van der Waals surface area contributed by atoms with Gasteiger partial charge in [-0.3, -0.25) is 0 Å². The second kappa shape index (κ2) is 7.58. The highest BCUT2D eigenvalue weighted by Gasteiger charge is 2.04. The lowest BCUT2D eigenvalue weighted by Crippen LogP contribution is -2.02. The van der Waals surface area contributed by atoms with Gasteiger partial charge in [0.05, 0.1) is 0 Å². The van der Waals surface area contributed by atoms with E-state index in [2.05, 4.69) is 47.4 Å². The van der Waals surface area contributed by atoms with E-state index in [1.165, 1.54) is 34.5 Å². The van der Waals surface area contributed by atoms with Gasteiger partial charge in [0, 0.05) is 0 Å². The molecule has 0 radical (unpaired) electrons. The van der Waals surface area contributed by atoms with Crippen molar-refractivity contribution < 1.29 is 0 Å². The Bertz CT molecular complexity index is 257. The first kappa shape index (κ1) is 14.3. The Kier molecular flexibility index (Phi) is 6.80. The fourth-order valence-corrected chi connectivity index (χ4v) is 3.60. The van der Waals surface area contributed by atoms with E-state index in [4.69, 9.17) is 0 Å². The summed E-state index contributed by atoms with van der Waals surface area (Å²) in [5, 5.41) is 2.89. The van der Waals surface area contributed by atoms with Crippen molar-refractivity contribution in [2.45, 2.75) is 46.6 Å². The van der Waals surface area contributed by atoms with Crippen molar-refractivity contribution in [1.29, 1.82) is 0 Å². The Labute approximate surface area is 110 Å². The van der Waals surface area contributed by atoms with Crippen LogP contribution in [0.25, 0.3) is 0 Å². The molecule has 0 saturated carbocycles. The van der Waals surface area contributed by atoms with Crippen LogP contribution in [0.15, 0.2) is 24.3 Å². The first-order valence-electron chi connectivity index (χ1n) is 6.65. The number of hydrogen-bond acceptors (Lipinski definition) is 0. The van der Waals surface area contributed by atoms with Crippen LogP contribution in [0.1, 0.15) is 11.1 Å². The van der Waals surface area contributed by atoms with Crippen LogP contribution in [0.4, 0.5) is 0 Å². The average molecular weight is 246 g/mol. The molecule has 1 aromatic rings. The summed E-state index contributed by atoms with van der Waals surface area (Å²) in [6.45, 7) is 0. The monoisotopic (exact) mass is 246 g/mol. The van der Waals surface area contributed by atoms with Gasteiger partial charge in [0.25, 0.3) is 28.3 Å². The molecule has 0 unspecified atom stereocenters. The SMILES string of the molecule is [CH3][Al]([CH3])[CH2]Cc1ccc(C[CH2][Al]([CH3])[CH3])cc1. The van der Waals surface area contributed by atoms with E-state index in [1.54, 1.807) is 0 Å². The molecule has 0 N–H and O–H groups in total. The summed E-state index contributed by atoms with van der Waals surface area (Å²) in [5.74, 6) is 9.73. The molecule has 0 aliphatic rings. The third-order valence-corrected chi connectivity index (χ3v) is 5.93. The predicted octanol–water partition coefficient (Wildman–Crippen LogP) is 4.28. The maximum Gasteiger partial charge on any atom is 0.255 e. The van der Waals surface area contributed by atoms with Crippen LogP contribution in [0.5, 0.6) is 0 Å². The second-order valence-electron chi connectivity index (χ2n) is 5.68. The Hall–Kier alpha value is 0.285. The molecule has 0 fully saturated rings. The van der Waals surface area contributed by atoms with Crippen molar-refractivity contribution in [3.8, 4) is 0 Å². The van der Waals surface area contributed by atoms with Crippen LogP contribution in [-0.2, 0) is 12.8 Å². The van der Waals surface area contributed by atoms with E-state index in [9.17, 15) is 0 Å². The number of rotatable bonds is 6. The Morgan fingerprint density at radius 1 is 0.688 bits per heavy atom. The van der Waals surface area contributed by atoms with E-state index in [-0.39, 0.29) is 28.3 Å². The minimum absolute atomic E-state index is 0.374. The zero-order valence-electron chi connectivity index (χ0n) is 11.3. The lowest BCUT2D eigenvalue weighted by Gasteiger charge is -2.05. The first-order valence-corrected chi connectivity index (χ1v) is 12.9. The van der Waals surface area contributed by atoms with Crippen molar-refractivity contribution in [3.05, 3.63) is 35.4 Å². The largest absolute Gasteiger partial charge is 0.255 e. The summed E-state index contributed by atoms with van der Waals surface area (Å²) in [6.07, 6.45) is 2.59. The smallest absolute Gasteiger partial charge is 0.106 e. The van der Waals surface area contributed by atoms with Crippen LogP contribution in [0.2, 0.25) is 33.7 Å². The zero-order chi connectivity index (χ0) is 12.0. The van der Waals surface area contributed by atoms with E-state index < -0.39 is 0 Å². The van der Waals surface area contributed by atoms with Gasteiger partial charge in [-0.1, -0.05) is 34.8 Å². The molecule has 0 aliphatic heterocycles. The molecule has 1 aromatic carbocycles. The van der Waals surface area contributed by atoms with E-state index in [1.807, 2.05) is 0 Å². The summed E-state index contributed by atoms with van der Waals surface area (Å²) in [5.41, 5.74) is 3.07. The third kappa shape index (κ3) is 6.13. The van der Waals surface area contributed by atoms with Gasteiger partial charge in [-0.2, -0.15) is 0 Å². The van der Waals surface area contributed by atoms with E-state index in [0.29, 0.717) is 0 Å². The molecule has 0 aromatic heterocycles. The fraction of sp³-hybridized carbons (Fsp3) is 0.571. The van der Waals surface area contributed by atoms with E-state index in [0.717, 1.165) is 0 Å². The molecule has 0 heterocycles. The van der Waals surface area contributed by atoms with Gasteiger partial charge in [0.15, 0.2) is 0 Å². The Morgan fingerprint density at radius 2 is 1.00 bits per heavy atom. The highest BCUT2D eigenvalue weighted by Crippen LogP contribution is 2.11. The summed E-state index contributed by atoms with van der Waals surface area (Å²) >= 11 is -0.748. The van der Waals surface area contributed by atoms with Gasteiger partial charge < -0.3 is 0 Å². The standard InChI is InChI=1S/C10H12.4CH3.2Al/c1-3-9-5-7-10(4-2)8-6-9;;;;;;/h5-8H,1-4H2;4*1H3;;. The van der Waals surface area contributed by atoms with Crippen molar-refractivity contribution in [2.24, 2.45) is 0 Å². The number of benzene rings is 1. The summed E-state index contributed by atoms with van der Waals surface area (Å²) in [7, 11) is 0. The van der Waals surface area contributed by atoms with E-state index >= 15 is 0 Å². The molecule has 0 atom stereocenters. The average Bonchev–Trinajstić information content (AvgIpc) is 2.25. The normalized spacial score (nSPS) is 10.2. The summed E-state index contributed by atoms with van der Waals surface area (Å²) in [6, 6.07) is 9.37. The predicted molar refractivity (Wildman–Crippen MR) is 78.4 cm³/mol. The molecule has 86 valence electrons. The van der Waals surface area contributed by atoms with Crippen molar-refractivity contribution in [2.75, 3.05) is 0 Å². The highest BCUT2D eigenvalue weighted by atomic mass is 27.2. The van der Waals surface area contributed by atoms with Gasteiger partial charge in [-0.15, -0.1) is 23.1 Å². The molecular formula is C14H24Al2. The van der Waals surface area contributed by atoms with Crippen LogP contribution in [0.3, 0.4) is 0 Å². The minimum atomic E-state index is -0.374. The van der Waals surface area contributed by atoms with Gasteiger partial charge in [0.2, 0.25) is 0 Å². The van der Waals surface area contributed by atoms with Gasteiger partial charge in [0.1, 0.15) is 0 Å². The molecule has 0 spiro atoms. The number of hydrogen-bond donors (Lipinski definition) is 0. The third-order valence-electron chi connectivity index (χ3n) is 3.04. The lowest BCUT2D eigenvalue weighted by molar-refractivity contribution is 1.08. The van der Waals surface area contributed by atoms with Crippen LogP contribution in [-0.4, -0.2) is 28.3 Å². The molecule has 0 saturated heterocycles. The Balaban J connectivity index is 2.41. The van der Waals surface area contributed by atoms with Gasteiger partial charge in [-0.25, -0.2) is 0 Å². The molecule has 1 rings (SSSR count). The van der Waals surface area contributed by atoms with Crippen molar-refractivity contribution in [3.63, 3.8) is 0 Å². The minimum Gasteiger partial charge on any atom is -0.106 e. The molecule has 16 heavy (non-hydrogen) atoms. The summed E-state index contributed by atoms with van der Waals surface area (Å²) < 4.78 is 0. The second-order valence-corrected chi connectivity index (χ2v) is 12.4. The van der Waals surface area contributed by atoms with Gasteiger partial charge >= 0.3 is 0 Å². The molecule has 2 heteroatoms. The van der Waals surface area contributed by atoms with Crippen LogP contribution >= 0.6 is 0 Å².